The van der Waals surface area contributed by atoms with Gasteiger partial charge in [-0.15, -0.1) is 0 Å². The van der Waals surface area contributed by atoms with Crippen LogP contribution in [0.5, 0.6) is 0 Å². The number of nitrogens with one attached hydrogen (secondary N) is 1. The van der Waals surface area contributed by atoms with Crippen LogP contribution in [0, 0.1) is 17.8 Å². The van der Waals surface area contributed by atoms with E-state index in [0.29, 0.717) is 11.6 Å². The second-order valence-electron chi connectivity index (χ2n) is 7.31. The van der Waals surface area contributed by atoms with Crippen LogP contribution in [0.25, 0.3) is 0 Å². The molecule has 0 aromatic carbocycles. The summed E-state index contributed by atoms with van der Waals surface area (Å²) in [4.78, 5) is 2.42. The van der Waals surface area contributed by atoms with E-state index in [0.717, 1.165) is 22.9 Å². The molecule has 0 aliphatic heterocycles. The lowest BCUT2D eigenvalue weighted by atomic mass is 9.52. The van der Waals surface area contributed by atoms with Crippen LogP contribution in [0.4, 0.5) is 0 Å². The van der Waals surface area contributed by atoms with Crippen LogP contribution in [0.15, 0.2) is 0 Å². The molecule has 4 fully saturated rings. The maximum Gasteiger partial charge on any atom is 0.169 e. The maximum absolute atomic E-state index is 5.60. The van der Waals surface area contributed by atoms with Crippen molar-refractivity contribution in [2.24, 2.45) is 17.8 Å². The molecule has 0 atom stereocenters. The Bertz CT molecular complexity index is 315. The van der Waals surface area contributed by atoms with Gasteiger partial charge in [-0.2, -0.15) is 0 Å². The number of nitrogens with zero attached hydrogens (tertiary/aromatic N) is 1. The molecule has 4 rings (SSSR count). The average Bonchev–Trinajstić information content (AvgIpc) is 2.25. The van der Waals surface area contributed by atoms with Gasteiger partial charge in [0, 0.05) is 18.6 Å². The van der Waals surface area contributed by atoms with Crippen molar-refractivity contribution in [1.29, 1.82) is 0 Å². The van der Waals surface area contributed by atoms with E-state index in [4.69, 9.17) is 12.2 Å². The lowest BCUT2D eigenvalue weighted by Crippen LogP contribution is -2.62. The Labute approximate surface area is 116 Å². The molecular formula is C15H26N2S. The maximum atomic E-state index is 5.60. The smallest absolute Gasteiger partial charge is 0.169 e. The molecule has 0 amide bonds. The molecule has 4 saturated carbocycles. The van der Waals surface area contributed by atoms with Crippen molar-refractivity contribution >= 4 is 17.3 Å². The van der Waals surface area contributed by atoms with Crippen molar-refractivity contribution in [3.05, 3.63) is 0 Å². The second kappa shape index (κ2) is 4.36. The van der Waals surface area contributed by atoms with Crippen LogP contribution in [-0.2, 0) is 0 Å². The van der Waals surface area contributed by atoms with Gasteiger partial charge in [-0.25, -0.2) is 0 Å². The van der Waals surface area contributed by atoms with Gasteiger partial charge in [0.25, 0.3) is 0 Å². The minimum absolute atomic E-state index is 0.397. The van der Waals surface area contributed by atoms with Crippen molar-refractivity contribution in [1.82, 2.24) is 10.2 Å². The SMILES string of the molecule is CC(C)NC(=S)N(C)C12CC3CC(CC(C3)C1)C2. The van der Waals surface area contributed by atoms with Gasteiger partial charge in [0.15, 0.2) is 5.11 Å². The number of thiocarbonyl (C=S) groups is 1. The summed E-state index contributed by atoms with van der Waals surface area (Å²) in [7, 11) is 2.23. The van der Waals surface area contributed by atoms with Crippen LogP contribution >= 0.6 is 12.2 Å². The van der Waals surface area contributed by atoms with E-state index in [2.05, 4.69) is 31.1 Å². The third-order valence-corrected chi connectivity index (χ3v) is 5.83. The lowest BCUT2D eigenvalue weighted by Gasteiger charge is -2.60. The van der Waals surface area contributed by atoms with Gasteiger partial charge in [-0.1, -0.05) is 0 Å². The molecule has 4 aliphatic carbocycles. The predicted molar refractivity (Wildman–Crippen MR) is 79.5 cm³/mol. The van der Waals surface area contributed by atoms with Crippen molar-refractivity contribution in [3.63, 3.8) is 0 Å². The summed E-state index contributed by atoms with van der Waals surface area (Å²) in [5.74, 6) is 2.96. The zero-order chi connectivity index (χ0) is 12.9. The van der Waals surface area contributed by atoms with Gasteiger partial charge in [0.2, 0.25) is 0 Å². The van der Waals surface area contributed by atoms with Crippen molar-refractivity contribution in [2.75, 3.05) is 7.05 Å². The second-order valence-corrected chi connectivity index (χ2v) is 7.69. The first-order valence-electron chi connectivity index (χ1n) is 7.53. The lowest BCUT2D eigenvalue weighted by molar-refractivity contribution is -0.0549. The fourth-order valence-electron chi connectivity index (χ4n) is 5.03. The molecule has 0 aromatic rings. The monoisotopic (exact) mass is 266 g/mol. The summed E-state index contributed by atoms with van der Waals surface area (Å²) >= 11 is 5.60. The van der Waals surface area contributed by atoms with E-state index >= 15 is 0 Å². The Morgan fingerprint density at radius 2 is 1.56 bits per heavy atom. The Balaban J connectivity index is 1.76. The van der Waals surface area contributed by atoms with Crippen molar-refractivity contribution in [3.8, 4) is 0 Å². The van der Waals surface area contributed by atoms with Crippen LogP contribution in [0.1, 0.15) is 52.4 Å². The average molecular weight is 266 g/mol. The molecular weight excluding hydrogens is 240 g/mol. The summed E-state index contributed by atoms with van der Waals surface area (Å²) < 4.78 is 0. The molecule has 4 bridgehead atoms. The largest absolute Gasteiger partial charge is 0.360 e. The van der Waals surface area contributed by atoms with E-state index in [1.807, 2.05) is 0 Å². The minimum Gasteiger partial charge on any atom is -0.360 e. The topological polar surface area (TPSA) is 15.3 Å². The van der Waals surface area contributed by atoms with Gasteiger partial charge < -0.3 is 10.2 Å². The van der Waals surface area contributed by atoms with Crippen molar-refractivity contribution in [2.45, 2.75) is 64.0 Å². The van der Waals surface area contributed by atoms with E-state index < -0.39 is 0 Å². The first-order chi connectivity index (χ1) is 8.48. The Hall–Kier alpha value is -0.310. The molecule has 0 aromatic heterocycles. The van der Waals surface area contributed by atoms with Gasteiger partial charge in [-0.3, -0.25) is 0 Å². The number of hydrogen-bond donors (Lipinski definition) is 1. The van der Waals surface area contributed by atoms with Crippen LogP contribution in [0.2, 0.25) is 0 Å². The normalized spacial score (nSPS) is 41.2. The zero-order valence-electron chi connectivity index (χ0n) is 11.9. The highest BCUT2D eigenvalue weighted by Gasteiger charge is 2.53. The fourth-order valence-corrected chi connectivity index (χ4v) is 5.46. The van der Waals surface area contributed by atoms with Gasteiger partial charge >= 0.3 is 0 Å². The molecule has 0 heterocycles. The van der Waals surface area contributed by atoms with E-state index in [1.165, 1.54) is 38.5 Å². The third kappa shape index (κ3) is 2.04. The Kier molecular flexibility index (Phi) is 3.08. The summed E-state index contributed by atoms with van der Waals surface area (Å²) in [5, 5.41) is 4.39. The predicted octanol–water partition coefficient (Wildman–Crippen LogP) is 3.17. The quantitative estimate of drug-likeness (QED) is 0.773. The minimum atomic E-state index is 0.397. The summed E-state index contributed by atoms with van der Waals surface area (Å²) in [5.41, 5.74) is 0.397. The van der Waals surface area contributed by atoms with E-state index in [9.17, 15) is 0 Å². The van der Waals surface area contributed by atoms with E-state index in [-0.39, 0.29) is 0 Å². The molecule has 0 unspecified atom stereocenters. The summed E-state index contributed by atoms with van der Waals surface area (Å²) in [6, 6.07) is 0.439. The Morgan fingerprint density at radius 1 is 1.11 bits per heavy atom. The van der Waals surface area contributed by atoms with E-state index in [1.54, 1.807) is 0 Å². The van der Waals surface area contributed by atoms with Crippen LogP contribution in [0.3, 0.4) is 0 Å². The fraction of sp³-hybridized carbons (Fsp3) is 0.933. The Morgan fingerprint density at radius 3 is 1.94 bits per heavy atom. The summed E-state index contributed by atoms with van der Waals surface area (Å²) in [6.45, 7) is 4.33. The van der Waals surface area contributed by atoms with Crippen LogP contribution < -0.4 is 5.32 Å². The van der Waals surface area contributed by atoms with Crippen LogP contribution in [-0.4, -0.2) is 28.6 Å². The molecule has 3 heteroatoms. The number of rotatable bonds is 2. The standard InChI is InChI=1S/C15H26N2S/c1-10(2)16-14(18)17(3)15-7-11-4-12(8-15)6-13(5-11)9-15/h10-13H,4-9H2,1-3H3,(H,16,18). The van der Waals surface area contributed by atoms with Gasteiger partial charge in [0.05, 0.1) is 0 Å². The van der Waals surface area contributed by atoms with Crippen molar-refractivity contribution < 1.29 is 0 Å². The molecule has 0 radical (unpaired) electrons. The molecule has 2 nitrogen and oxygen atoms in total. The highest BCUT2D eigenvalue weighted by atomic mass is 32.1. The van der Waals surface area contributed by atoms with Gasteiger partial charge in [-0.05, 0) is 82.3 Å². The highest BCUT2D eigenvalue weighted by Crippen LogP contribution is 2.57. The highest BCUT2D eigenvalue weighted by molar-refractivity contribution is 7.80. The molecule has 4 aliphatic rings. The molecule has 18 heavy (non-hydrogen) atoms. The first kappa shape index (κ1) is 12.7. The molecule has 0 saturated heterocycles. The summed E-state index contributed by atoms with van der Waals surface area (Å²) in [6.07, 6.45) is 8.65. The number of hydrogen-bond acceptors (Lipinski definition) is 1. The zero-order valence-corrected chi connectivity index (χ0v) is 12.7. The molecule has 102 valence electrons. The molecule has 1 N–H and O–H groups in total. The third-order valence-electron chi connectivity index (χ3n) is 5.43. The first-order valence-corrected chi connectivity index (χ1v) is 7.94. The van der Waals surface area contributed by atoms with Gasteiger partial charge in [0.1, 0.15) is 0 Å². The molecule has 0 spiro atoms.